The van der Waals surface area contributed by atoms with E-state index in [2.05, 4.69) is 28.1 Å². The molecule has 1 saturated heterocycles. The third-order valence-electron chi connectivity index (χ3n) is 6.65. The molecule has 0 aromatic carbocycles. The molecule has 1 aromatic rings. The summed E-state index contributed by atoms with van der Waals surface area (Å²) >= 11 is 1.68. The van der Waals surface area contributed by atoms with Crippen molar-refractivity contribution in [2.75, 3.05) is 39.3 Å². The quantitative estimate of drug-likeness (QED) is 0.822. The zero-order chi connectivity index (χ0) is 19.5. The van der Waals surface area contributed by atoms with E-state index in [0.29, 0.717) is 12.5 Å². The van der Waals surface area contributed by atoms with Gasteiger partial charge in [0, 0.05) is 50.1 Å². The predicted molar refractivity (Wildman–Crippen MR) is 113 cm³/mol. The van der Waals surface area contributed by atoms with Gasteiger partial charge in [0.05, 0.1) is 4.88 Å². The minimum Gasteiger partial charge on any atom is -0.350 e. The number of hydrogen-bond acceptors (Lipinski definition) is 4. The number of piperazine rings is 1. The number of aryl methyl sites for hydroxylation is 1. The first-order valence-corrected chi connectivity index (χ1v) is 11.8. The van der Waals surface area contributed by atoms with Crippen molar-refractivity contribution in [3.8, 4) is 0 Å². The van der Waals surface area contributed by atoms with Crippen LogP contribution in [0.4, 0.5) is 0 Å². The first-order valence-electron chi connectivity index (χ1n) is 11.0. The number of amides is 2. The molecule has 1 aliphatic heterocycles. The van der Waals surface area contributed by atoms with E-state index in [1.807, 2.05) is 0 Å². The fourth-order valence-electron chi connectivity index (χ4n) is 4.86. The fourth-order valence-corrected chi connectivity index (χ4v) is 5.98. The van der Waals surface area contributed by atoms with Gasteiger partial charge in [-0.05, 0) is 49.7 Å². The van der Waals surface area contributed by atoms with Crippen molar-refractivity contribution in [1.82, 2.24) is 15.1 Å². The van der Waals surface area contributed by atoms with Crippen LogP contribution in [0.2, 0.25) is 0 Å². The molecule has 28 heavy (non-hydrogen) atoms. The molecule has 2 heterocycles. The molecule has 5 nitrogen and oxygen atoms in total. The Morgan fingerprint density at radius 3 is 2.64 bits per heavy atom. The molecule has 1 unspecified atom stereocenters. The molecule has 2 aliphatic carbocycles. The van der Waals surface area contributed by atoms with Crippen molar-refractivity contribution in [2.45, 2.75) is 51.9 Å². The number of hydrogen-bond donors (Lipinski definition) is 1. The molecule has 0 bridgehead atoms. The summed E-state index contributed by atoms with van der Waals surface area (Å²) < 4.78 is 0. The van der Waals surface area contributed by atoms with Gasteiger partial charge in [-0.3, -0.25) is 14.5 Å². The van der Waals surface area contributed by atoms with Crippen LogP contribution in [-0.2, 0) is 17.6 Å². The molecule has 2 amide bonds. The van der Waals surface area contributed by atoms with Gasteiger partial charge in [-0.1, -0.05) is 19.8 Å². The number of nitrogens with one attached hydrogen (secondary N) is 1. The van der Waals surface area contributed by atoms with E-state index in [1.165, 1.54) is 29.7 Å². The molecular weight excluding hydrogens is 370 g/mol. The van der Waals surface area contributed by atoms with Gasteiger partial charge in [-0.25, -0.2) is 0 Å². The number of nitrogens with zero attached hydrogens (tertiary/aromatic N) is 2. The molecule has 0 radical (unpaired) electrons. The summed E-state index contributed by atoms with van der Waals surface area (Å²) in [5, 5.41) is 3.09. The summed E-state index contributed by atoms with van der Waals surface area (Å²) in [6, 6.07) is 2.11. The molecular formula is C22H33N3O2S. The first kappa shape index (κ1) is 19.9. The molecule has 6 heteroatoms. The lowest BCUT2D eigenvalue weighted by Gasteiger charge is -2.36. The molecule has 0 spiro atoms. The van der Waals surface area contributed by atoms with Gasteiger partial charge in [0.2, 0.25) is 5.91 Å². The highest BCUT2D eigenvalue weighted by Gasteiger charge is 2.29. The normalized spacial score (nSPS) is 23.6. The Kier molecular flexibility index (Phi) is 6.36. The van der Waals surface area contributed by atoms with Crippen LogP contribution in [0.1, 0.15) is 59.1 Å². The van der Waals surface area contributed by atoms with Crippen molar-refractivity contribution in [2.24, 2.45) is 11.8 Å². The van der Waals surface area contributed by atoms with Crippen molar-refractivity contribution in [3.63, 3.8) is 0 Å². The molecule has 1 aromatic heterocycles. The topological polar surface area (TPSA) is 52.7 Å². The van der Waals surface area contributed by atoms with Gasteiger partial charge in [0.15, 0.2) is 0 Å². The second-order valence-electron chi connectivity index (χ2n) is 8.81. The molecule has 1 atom stereocenters. The smallest absolute Gasteiger partial charge is 0.261 e. The van der Waals surface area contributed by atoms with Crippen LogP contribution >= 0.6 is 11.3 Å². The van der Waals surface area contributed by atoms with E-state index in [-0.39, 0.29) is 11.8 Å². The number of carbonyl (C=O) groups excluding carboxylic acids is 2. The summed E-state index contributed by atoms with van der Waals surface area (Å²) in [7, 11) is 0. The second kappa shape index (κ2) is 8.95. The minimum absolute atomic E-state index is 0.0714. The van der Waals surface area contributed by atoms with Gasteiger partial charge in [0.1, 0.15) is 0 Å². The summed E-state index contributed by atoms with van der Waals surface area (Å²) in [5.41, 5.74) is 1.39. The summed E-state index contributed by atoms with van der Waals surface area (Å²) in [6.45, 7) is 7.33. The zero-order valence-corrected chi connectivity index (χ0v) is 17.9. The number of thiophene rings is 1. The molecule has 154 valence electrons. The largest absolute Gasteiger partial charge is 0.350 e. The average Bonchev–Trinajstić information content (AvgIpc) is 3.37. The van der Waals surface area contributed by atoms with Gasteiger partial charge in [-0.2, -0.15) is 0 Å². The van der Waals surface area contributed by atoms with Crippen molar-refractivity contribution in [3.05, 3.63) is 21.4 Å². The summed E-state index contributed by atoms with van der Waals surface area (Å²) in [6.07, 6.45) is 8.06. The molecule has 4 rings (SSSR count). The molecule has 3 aliphatic rings. The summed E-state index contributed by atoms with van der Waals surface area (Å²) in [5.74, 6) is 1.46. The van der Waals surface area contributed by atoms with Crippen LogP contribution in [0.15, 0.2) is 6.07 Å². The Balaban J connectivity index is 1.18. The molecule has 1 saturated carbocycles. The zero-order valence-electron chi connectivity index (χ0n) is 17.0. The van der Waals surface area contributed by atoms with E-state index in [4.69, 9.17) is 0 Å². The average molecular weight is 404 g/mol. The highest BCUT2D eigenvalue weighted by molar-refractivity contribution is 7.14. The standard InChI is InChI=1S/C22H33N3O2S/c1-16-6-7-19-18(14-16)15-20(28-19)21(26)23-8-9-24-10-12-25(13-11-24)22(27)17-4-2-3-5-17/h15-17H,2-14H2,1H3,(H,23,26). The summed E-state index contributed by atoms with van der Waals surface area (Å²) in [4.78, 5) is 31.7. The van der Waals surface area contributed by atoms with Crippen molar-refractivity contribution in [1.29, 1.82) is 0 Å². The first-order chi connectivity index (χ1) is 13.6. The van der Waals surface area contributed by atoms with Gasteiger partial charge in [0.25, 0.3) is 5.91 Å². The van der Waals surface area contributed by atoms with E-state index in [1.54, 1.807) is 11.3 Å². The Morgan fingerprint density at radius 2 is 1.89 bits per heavy atom. The Labute approximate surface area is 172 Å². The maximum absolute atomic E-state index is 12.5. The second-order valence-corrected chi connectivity index (χ2v) is 9.95. The number of carbonyl (C=O) groups is 2. The van der Waals surface area contributed by atoms with Gasteiger partial charge < -0.3 is 10.2 Å². The molecule has 1 N–H and O–H groups in total. The SMILES string of the molecule is CC1CCc2sc(C(=O)NCCN3CCN(C(=O)C4CCCC4)CC3)cc2C1. The van der Waals surface area contributed by atoms with Crippen LogP contribution in [0, 0.1) is 11.8 Å². The predicted octanol–water partition coefficient (Wildman–Crippen LogP) is 2.94. The molecule has 2 fully saturated rings. The van der Waals surface area contributed by atoms with Crippen LogP contribution in [0.3, 0.4) is 0 Å². The Morgan fingerprint density at radius 1 is 1.14 bits per heavy atom. The van der Waals surface area contributed by atoms with E-state index >= 15 is 0 Å². The fraction of sp³-hybridized carbons (Fsp3) is 0.727. The third-order valence-corrected chi connectivity index (χ3v) is 7.89. The third kappa shape index (κ3) is 4.60. The highest BCUT2D eigenvalue weighted by Crippen LogP contribution is 2.32. The Hall–Kier alpha value is -1.40. The number of rotatable bonds is 5. The lowest BCUT2D eigenvalue weighted by molar-refractivity contribution is -0.137. The Bertz CT molecular complexity index is 703. The van der Waals surface area contributed by atoms with E-state index < -0.39 is 0 Å². The highest BCUT2D eigenvalue weighted by atomic mass is 32.1. The van der Waals surface area contributed by atoms with Crippen LogP contribution in [0.5, 0.6) is 0 Å². The van der Waals surface area contributed by atoms with Crippen molar-refractivity contribution >= 4 is 23.2 Å². The van der Waals surface area contributed by atoms with Crippen molar-refractivity contribution < 1.29 is 9.59 Å². The maximum atomic E-state index is 12.5. The lowest BCUT2D eigenvalue weighted by Crippen LogP contribution is -2.51. The van der Waals surface area contributed by atoms with E-state index in [9.17, 15) is 9.59 Å². The number of fused-ring (bicyclic) bond motifs is 1. The monoisotopic (exact) mass is 403 g/mol. The lowest BCUT2D eigenvalue weighted by atomic mass is 9.90. The maximum Gasteiger partial charge on any atom is 0.261 e. The van der Waals surface area contributed by atoms with Crippen LogP contribution in [0.25, 0.3) is 0 Å². The van der Waals surface area contributed by atoms with Gasteiger partial charge in [-0.15, -0.1) is 11.3 Å². The minimum atomic E-state index is 0.0714. The van der Waals surface area contributed by atoms with Gasteiger partial charge >= 0.3 is 0 Å². The van der Waals surface area contributed by atoms with Crippen LogP contribution < -0.4 is 5.32 Å². The van der Waals surface area contributed by atoms with E-state index in [0.717, 1.165) is 69.2 Å². The van der Waals surface area contributed by atoms with Crippen LogP contribution in [-0.4, -0.2) is 60.9 Å².